The number of esters is 1. The van der Waals surface area contributed by atoms with Crippen molar-refractivity contribution in [3.05, 3.63) is 0 Å². The number of carbonyl (C=O) groups is 1. The molecule has 4 nitrogen and oxygen atoms in total. The SMILES string of the molecule is CCOC(=O)C12CC3CC(CC(C3)C1N1CCOCC1)C2. The van der Waals surface area contributed by atoms with E-state index in [1.54, 1.807) is 0 Å². The molecule has 1 saturated heterocycles. The summed E-state index contributed by atoms with van der Waals surface area (Å²) in [6, 6.07) is 0.410. The normalized spacial score (nSPS) is 45.8. The highest BCUT2D eigenvalue weighted by molar-refractivity contribution is 5.78. The summed E-state index contributed by atoms with van der Waals surface area (Å²) in [6.07, 6.45) is 6.16. The molecule has 0 aromatic rings. The van der Waals surface area contributed by atoms with Crippen molar-refractivity contribution < 1.29 is 14.3 Å². The minimum Gasteiger partial charge on any atom is -0.466 e. The Kier molecular flexibility index (Phi) is 3.49. The van der Waals surface area contributed by atoms with Crippen LogP contribution in [0.1, 0.15) is 39.0 Å². The highest BCUT2D eigenvalue weighted by atomic mass is 16.5. The lowest BCUT2D eigenvalue weighted by Crippen LogP contribution is -2.66. The fourth-order valence-corrected chi connectivity index (χ4v) is 6.08. The van der Waals surface area contributed by atoms with E-state index in [1.165, 1.54) is 19.3 Å². The monoisotopic (exact) mass is 293 g/mol. The summed E-state index contributed by atoms with van der Waals surface area (Å²) < 4.78 is 11.1. The lowest BCUT2D eigenvalue weighted by atomic mass is 9.47. The summed E-state index contributed by atoms with van der Waals surface area (Å²) in [7, 11) is 0. The third-order valence-electron chi connectivity index (χ3n) is 6.38. The van der Waals surface area contributed by atoms with Crippen LogP contribution in [0, 0.1) is 23.2 Å². The van der Waals surface area contributed by atoms with Gasteiger partial charge < -0.3 is 9.47 Å². The van der Waals surface area contributed by atoms with E-state index < -0.39 is 0 Å². The quantitative estimate of drug-likeness (QED) is 0.747. The van der Waals surface area contributed by atoms with E-state index in [0.29, 0.717) is 18.6 Å². The molecular formula is C17H27NO3. The van der Waals surface area contributed by atoms with Gasteiger partial charge in [0.2, 0.25) is 0 Å². The van der Waals surface area contributed by atoms with Gasteiger partial charge in [-0.1, -0.05) is 0 Å². The van der Waals surface area contributed by atoms with Crippen molar-refractivity contribution in [1.29, 1.82) is 0 Å². The topological polar surface area (TPSA) is 38.8 Å². The molecule has 4 aliphatic carbocycles. The molecule has 118 valence electrons. The fraction of sp³-hybridized carbons (Fsp3) is 0.941. The summed E-state index contributed by atoms with van der Waals surface area (Å²) in [5.41, 5.74) is -0.206. The van der Waals surface area contributed by atoms with Crippen LogP contribution in [0.3, 0.4) is 0 Å². The first kappa shape index (κ1) is 14.0. The Balaban J connectivity index is 1.66. The van der Waals surface area contributed by atoms with Crippen LogP contribution in [0.4, 0.5) is 0 Å². The molecule has 5 aliphatic rings. The van der Waals surface area contributed by atoms with E-state index in [0.717, 1.165) is 51.0 Å². The molecule has 1 aliphatic heterocycles. The van der Waals surface area contributed by atoms with E-state index in [-0.39, 0.29) is 11.4 Å². The second-order valence-corrected chi connectivity index (χ2v) is 7.58. The Morgan fingerprint density at radius 1 is 1.19 bits per heavy atom. The summed E-state index contributed by atoms with van der Waals surface area (Å²) in [6.45, 7) is 6.04. The fourth-order valence-electron chi connectivity index (χ4n) is 6.08. The standard InChI is InChI=1S/C17H27NO3/c1-2-21-16(19)17-10-12-7-13(11-17)9-14(8-12)15(17)18-3-5-20-6-4-18/h12-15H,2-11H2,1H3. The number of nitrogens with zero attached hydrogens (tertiary/aromatic N) is 1. The van der Waals surface area contributed by atoms with Gasteiger partial charge in [0.25, 0.3) is 0 Å². The van der Waals surface area contributed by atoms with Crippen molar-refractivity contribution in [3.63, 3.8) is 0 Å². The van der Waals surface area contributed by atoms with Crippen LogP contribution in [0.25, 0.3) is 0 Å². The molecule has 3 atom stereocenters. The van der Waals surface area contributed by atoms with E-state index in [9.17, 15) is 4.79 Å². The molecule has 0 amide bonds. The Morgan fingerprint density at radius 2 is 1.86 bits per heavy atom. The van der Waals surface area contributed by atoms with Crippen molar-refractivity contribution in [2.75, 3.05) is 32.9 Å². The van der Waals surface area contributed by atoms with Gasteiger partial charge in [0.15, 0.2) is 0 Å². The largest absolute Gasteiger partial charge is 0.466 e. The molecule has 0 radical (unpaired) electrons. The molecule has 0 aromatic carbocycles. The van der Waals surface area contributed by atoms with Crippen molar-refractivity contribution >= 4 is 5.97 Å². The predicted octanol–water partition coefficient (Wildman–Crippen LogP) is 2.08. The summed E-state index contributed by atoms with van der Waals surface area (Å²) in [5.74, 6) is 2.34. The van der Waals surface area contributed by atoms with Crippen LogP contribution in [-0.2, 0) is 14.3 Å². The molecular weight excluding hydrogens is 266 g/mol. The van der Waals surface area contributed by atoms with Gasteiger partial charge in [0.05, 0.1) is 25.2 Å². The number of morpholine rings is 1. The second-order valence-electron chi connectivity index (χ2n) is 7.58. The Labute approximate surface area is 127 Å². The number of carbonyl (C=O) groups excluding carboxylic acids is 1. The van der Waals surface area contributed by atoms with Crippen LogP contribution in [0.2, 0.25) is 0 Å². The van der Waals surface area contributed by atoms with Gasteiger partial charge in [-0.05, 0) is 56.8 Å². The van der Waals surface area contributed by atoms with Crippen molar-refractivity contribution in [2.45, 2.75) is 45.1 Å². The molecule has 21 heavy (non-hydrogen) atoms. The van der Waals surface area contributed by atoms with Gasteiger partial charge in [0.1, 0.15) is 0 Å². The summed E-state index contributed by atoms with van der Waals surface area (Å²) in [4.78, 5) is 15.4. The smallest absolute Gasteiger partial charge is 0.313 e. The molecule has 4 saturated carbocycles. The highest BCUT2D eigenvalue weighted by Gasteiger charge is 2.62. The van der Waals surface area contributed by atoms with Gasteiger partial charge in [-0.3, -0.25) is 9.69 Å². The molecule has 4 bridgehead atoms. The minimum absolute atomic E-state index is 0.0978. The Bertz CT molecular complexity index is 402. The van der Waals surface area contributed by atoms with Crippen LogP contribution < -0.4 is 0 Å². The molecule has 0 aromatic heterocycles. The number of ether oxygens (including phenoxy) is 2. The third-order valence-corrected chi connectivity index (χ3v) is 6.38. The van der Waals surface area contributed by atoms with Gasteiger partial charge in [-0.25, -0.2) is 0 Å². The molecule has 0 N–H and O–H groups in total. The third kappa shape index (κ3) is 2.14. The van der Waals surface area contributed by atoms with E-state index in [2.05, 4.69) is 4.90 Å². The van der Waals surface area contributed by atoms with Gasteiger partial charge in [-0.2, -0.15) is 0 Å². The zero-order valence-electron chi connectivity index (χ0n) is 13.1. The molecule has 5 rings (SSSR count). The average Bonchev–Trinajstić information content (AvgIpc) is 2.47. The number of hydrogen-bond acceptors (Lipinski definition) is 4. The van der Waals surface area contributed by atoms with E-state index in [4.69, 9.17) is 9.47 Å². The zero-order valence-corrected chi connectivity index (χ0v) is 13.1. The van der Waals surface area contributed by atoms with Crippen LogP contribution in [-0.4, -0.2) is 49.8 Å². The van der Waals surface area contributed by atoms with Crippen molar-refractivity contribution in [1.82, 2.24) is 4.90 Å². The van der Waals surface area contributed by atoms with E-state index in [1.807, 2.05) is 6.92 Å². The maximum absolute atomic E-state index is 12.9. The average molecular weight is 293 g/mol. The molecule has 0 spiro atoms. The maximum atomic E-state index is 12.9. The summed E-state index contributed by atoms with van der Waals surface area (Å²) >= 11 is 0. The zero-order chi connectivity index (χ0) is 14.4. The molecule has 1 heterocycles. The molecule has 5 fully saturated rings. The Morgan fingerprint density at radius 3 is 2.48 bits per heavy atom. The second kappa shape index (κ2) is 5.24. The van der Waals surface area contributed by atoms with Crippen molar-refractivity contribution in [3.8, 4) is 0 Å². The van der Waals surface area contributed by atoms with Gasteiger partial charge in [0, 0.05) is 19.1 Å². The Hall–Kier alpha value is -0.610. The van der Waals surface area contributed by atoms with Crippen LogP contribution in [0.15, 0.2) is 0 Å². The number of rotatable bonds is 3. The molecule has 3 unspecified atom stereocenters. The first-order valence-electron chi connectivity index (χ1n) is 8.72. The lowest BCUT2D eigenvalue weighted by Gasteiger charge is -2.62. The number of hydrogen-bond donors (Lipinski definition) is 0. The first-order valence-corrected chi connectivity index (χ1v) is 8.72. The van der Waals surface area contributed by atoms with E-state index >= 15 is 0 Å². The lowest BCUT2D eigenvalue weighted by molar-refractivity contribution is -0.191. The van der Waals surface area contributed by atoms with Crippen molar-refractivity contribution in [2.24, 2.45) is 23.2 Å². The summed E-state index contributed by atoms with van der Waals surface area (Å²) in [5, 5.41) is 0. The molecule has 4 heteroatoms. The predicted molar refractivity (Wildman–Crippen MR) is 78.8 cm³/mol. The van der Waals surface area contributed by atoms with Crippen LogP contribution >= 0.6 is 0 Å². The maximum Gasteiger partial charge on any atom is 0.313 e. The van der Waals surface area contributed by atoms with Crippen LogP contribution in [0.5, 0.6) is 0 Å². The van der Waals surface area contributed by atoms with Gasteiger partial charge >= 0.3 is 5.97 Å². The van der Waals surface area contributed by atoms with Gasteiger partial charge in [-0.15, -0.1) is 0 Å². The highest BCUT2D eigenvalue weighted by Crippen LogP contribution is 2.61. The first-order chi connectivity index (χ1) is 10.2. The minimum atomic E-state index is -0.206.